The second-order valence-electron chi connectivity index (χ2n) is 7.04. The van der Waals surface area contributed by atoms with Crippen molar-refractivity contribution in [3.8, 4) is 11.5 Å². The number of methoxy groups -OCH3 is 2. The Morgan fingerprint density at radius 2 is 1.67 bits per heavy atom. The normalized spacial score (nSPS) is 11.2. The number of para-hydroxylation sites is 1. The minimum Gasteiger partial charge on any atom is -0.493 e. The number of aryl methyl sites for hydroxylation is 1. The Kier molecular flexibility index (Phi) is 7.68. The van der Waals surface area contributed by atoms with E-state index < -0.39 is 22.5 Å². The highest BCUT2D eigenvalue weighted by atomic mass is 32.2. The van der Waals surface area contributed by atoms with Crippen LogP contribution in [0.5, 0.6) is 11.5 Å². The van der Waals surface area contributed by atoms with E-state index >= 15 is 0 Å². The van der Waals surface area contributed by atoms with E-state index in [1.165, 1.54) is 32.6 Å². The van der Waals surface area contributed by atoms with Crippen molar-refractivity contribution in [1.29, 1.82) is 0 Å². The number of ether oxygens (including phenoxy) is 2. The summed E-state index contributed by atoms with van der Waals surface area (Å²) in [5.41, 5.74) is 4.31. The van der Waals surface area contributed by atoms with Crippen LogP contribution in [-0.4, -0.2) is 41.3 Å². The first-order valence-corrected chi connectivity index (χ1v) is 11.5. The first-order valence-electron chi connectivity index (χ1n) is 10.0. The summed E-state index contributed by atoms with van der Waals surface area (Å²) in [6.45, 7) is 1.45. The molecule has 0 saturated heterocycles. The minimum atomic E-state index is -3.97. The molecule has 0 aromatic heterocycles. The lowest BCUT2D eigenvalue weighted by Gasteiger charge is -2.23. The molecule has 1 N–H and O–H groups in total. The number of hydrogen-bond donors (Lipinski definition) is 1. The van der Waals surface area contributed by atoms with E-state index in [4.69, 9.17) is 9.47 Å². The number of nitrogens with zero attached hydrogens (tertiary/aromatic N) is 2. The SMILES string of the molecule is COc1cccc(/C=N/NC(=O)CN(c2ccc(C)cc2)S(=O)(=O)c2ccccc2)c1OC. The monoisotopic (exact) mass is 467 g/mol. The molecule has 0 spiro atoms. The van der Waals surface area contributed by atoms with Crippen molar-refractivity contribution in [2.45, 2.75) is 11.8 Å². The van der Waals surface area contributed by atoms with Gasteiger partial charge in [-0.15, -0.1) is 0 Å². The molecular formula is C24H25N3O5S. The second-order valence-corrected chi connectivity index (χ2v) is 8.90. The van der Waals surface area contributed by atoms with Gasteiger partial charge >= 0.3 is 0 Å². The van der Waals surface area contributed by atoms with Crippen LogP contribution in [-0.2, 0) is 14.8 Å². The predicted molar refractivity (Wildman–Crippen MR) is 127 cm³/mol. The van der Waals surface area contributed by atoms with E-state index in [0.717, 1.165) is 9.87 Å². The van der Waals surface area contributed by atoms with Crippen molar-refractivity contribution >= 4 is 27.8 Å². The maximum Gasteiger partial charge on any atom is 0.264 e. The molecule has 0 aliphatic rings. The van der Waals surface area contributed by atoms with E-state index in [0.29, 0.717) is 22.7 Å². The van der Waals surface area contributed by atoms with Gasteiger partial charge in [-0.2, -0.15) is 5.10 Å². The van der Waals surface area contributed by atoms with Gasteiger partial charge < -0.3 is 9.47 Å². The molecule has 0 heterocycles. The molecule has 0 aliphatic carbocycles. The topological polar surface area (TPSA) is 97.3 Å². The summed E-state index contributed by atoms with van der Waals surface area (Å²) < 4.78 is 38.2. The number of nitrogens with one attached hydrogen (secondary N) is 1. The number of benzene rings is 3. The lowest BCUT2D eigenvalue weighted by molar-refractivity contribution is -0.119. The van der Waals surface area contributed by atoms with Gasteiger partial charge in [-0.1, -0.05) is 42.0 Å². The largest absolute Gasteiger partial charge is 0.493 e. The lowest BCUT2D eigenvalue weighted by atomic mass is 10.2. The third kappa shape index (κ3) is 5.69. The van der Waals surface area contributed by atoms with Gasteiger partial charge in [-0.25, -0.2) is 13.8 Å². The summed E-state index contributed by atoms with van der Waals surface area (Å²) in [4.78, 5) is 12.7. The van der Waals surface area contributed by atoms with Crippen LogP contribution in [0, 0.1) is 6.92 Å². The lowest BCUT2D eigenvalue weighted by Crippen LogP contribution is -2.39. The number of carbonyl (C=O) groups excluding carboxylic acids is 1. The first-order chi connectivity index (χ1) is 15.9. The zero-order valence-corrected chi connectivity index (χ0v) is 19.4. The van der Waals surface area contributed by atoms with Crippen LogP contribution < -0.4 is 19.2 Å². The van der Waals surface area contributed by atoms with Gasteiger partial charge in [0.2, 0.25) is 0 Å². The van der Waals surface area contributed by atoms with Gasteiger partial charge in [0.15, 0.2) is 11.5 Å². The molecule has 172 valence electrons. The Bertz CT molecular complexity index is 1230. The average molecular weight is 468 g/mol. The van der Waals surface area contributed by atoms with Crippen molar-refractivity contribution in [3.05, 3.63) is 83.9 Å². The van der Waals surface area contributed by atoms with Gasteiger partial charge in [-0.05, 0) is 43.3 Å². The molecule has 0 fully saturated rings. The summed E-state index contributed by atoms with van der Waals surface area (Å²) >= 11 is 0. The van der Waals surface area contributed by atoms with Crippen molar-refractivity contribution in [2.24, 2.45) is 5.10 Å². The quantitative estimate of drug-likeness (QED) is 0.384. The zero-order valence-electron chi connectivity index (χ0n) is 18.6. The molecular weight excluding hydrogens is 442 g/mol. The standard InChI is InChI=1S/C24H25N3O5S/c1-18-12-14-20(15-13-18)27(33(29,30)21-9-5-4-6-10-21)17-23(28)26-25-16-19-8-7-11-22(31-2)24(19)32-3/h4-16H,17H2,1-3H3,(H,26,28)/b25-16+. The minimum absolute atomic E-state index is 0.0861. The Hall–Kier alpha value is -3.85. The summed E-state index contributed by atoms with van der Waals surface area (Å²) in [7, 11) is -0.952. The average Bonchev–Trinajstić information content (AvgIpc) is 2.83. The molecule has 33 heavy (non-hydrogen) atoms. The fourth-order valence-corrected chi connectivity index (χ4v) is 4.54. The molecule has 3 rings (SSSR count). The van der Waals surface area contributed by atoms with Crippen LogP contribution in [0.1, 0.15) is 11.1 Å². The second kappa shape index (κ2) is 10.6. The molecule has 3 aromatic carbocycles. The summed E-state index contributed by atoms with van der Waals surface area (Å²) in [6.07, 6.45) is 1.40. The highest BCUT2D eigenvalue weighted by molar-refractivity contribution is 7.92. The van der Waals surface area contributed by atoms with Gasteiger partial charge in [0.05, 0.1) is 31.0 Å². The van der Waals surface area contributed by atoms with Crippen molar-refractivity contribution in [2.75, 3.05) is 25.1 Å². The maximum atomic E-state index is 13.3. The summed E-state index contributed by atoms with van der Waals surface area (Å²) in [5.74, 6) is 0.381. The van der Waals surface area contributed by atoms with Crippen LogP contribution >= 0.6 is 0 Å². The third-order valence-electron chi connectivity index (χ3n) is 4.77. The van der Waals surface area contributed by atoms with E-state index in [1.807, 2.05) is 6.92 Å². The zero-order chi connectivity index (χ0) is 23.8. The molecule has 0 atom stereocenters. The van der Waals surface area contributed by atoms with E-state index in [9.17, 15) is 13.2 Å². The number of rotatable bonds is 9. The molecule has 0 unspecified atom stereocenters. The number of hydrogen-bond acceptors (Lipinski definition) is 6. The molecule has 0 radical (unpaired) electrons. The highest BCUT2D eigenvalue weighted by Gasteiger charge is 2.27. The summed E-state index contributed by atoms with van der Waals surface area (Å²) in [6, 6.07) is 20.1. The van der Waals surface area contributed by atoms with Gasteiger partial charge in [0.1, 0.15) is 6.54 Å². The van der Waals surface area contributed by atoms with Gasteiger partial charge in [0, 0.05) is 5.56 Å². The maximum absolute atomic E-state index is 13.3. The number of amides is 1. The van der Waals surface area contributed by atoms with Crippen molar-refractivity contribution in [1.82, 2.24) is 5.43 Å². The Morgan fingerprint density at radius 3 is 2.30 bits per heavy atom. The number of carbonyl (C=O) groups is 1. The summed E-state index contributed by atoms with van der Waals surface area (Å²) in [5, 5.41) is 3.96. The third-order valence-corrected chi connectivity index (χ3v) is 6.55. The van der Waals surface area contributed by atoms with E-state index in [-0.39, 0.29) is 4.90 Å². The van der Waals surface area contributed by atoms with Crippen LogP contribution in [0.25, 0.3) is 0 Å². The fourth-order valence-electron chi connectivity index (χ4n) is 3.10. The molecule has 1 amide bonds. The van der Waals surface area contributed by atoms with Crippen molar-refractivity contribution < 1.29 is 22.7 Å². The van der Waals surface area contributed by atoms with Crippen LogP contribution in [0.4, 0.5) is 5.69 Å². The first kappa shape index (κ1) is 23.8. The smallest absolute Gasteiger partial charge is 0.264 e. The number of anilines is 1. The molecule has 0 saturated carbocycles. The Balaban J connectivity index is 1.83. The molecule has 3 aromatic rings. The molecule has 9 heteroatoms. The molecule has 0 bridgehead atoms. The Morgan fingerprint density at radius 1 is 0.970 bits per heavy atom. The van der Waals surface area contributed by atoms with E-state index in [2.05, 4.69) is 10.5 Å². The van der Waals surface area contributed by atoms with Gasteiger partial charge in [-0.3, -0.25) is 9.10 Å². The van der Waals surface area contributed by atoms with Crippen LogP contribution in [0.2, 0.25) is 0 Å². The fraction of sp³-hybridized carbons (Fsp3) is 0.167. The molecule has 0 aliphatic heterocycles. The highest BCUT2D eigenvalue weighted by Crippen LogP contribution is 2.29. The Labute approximate surface area is 193 Å². The number of sulfonamides is 1. The number of hydrazone groups is 1. The van der Waals surface area contributed by atoms with E-state index in [1.54, 1.807) is 60.7 Å². The van der Waals surface area contributed by atoms with Crippen LogP contribution in [0.15, 0.2) is 82.8 Å². The molecule has 8 nitrogen and oxygen atoms in total. The van der Waals surface area contributed by atoms with Gasteiger partial charge in [0.25, 0.3) is 15.9 Å². The predicted octanol–water partition coefficient (Wildman–Crippen LogP) is 3.36. The van der Waals surface area contributed by atoms with Crippen molar-refractivity contribution in [3.63, 3.8) is 0 Å². The van der Waals surface area contributed by atoms with Crippen LogP contribution in [0.3, 0.4) is 0 Å².